The summed E-state index contributed by atoms with van der Waals surface area (Å²) in [6.07, 6.45) is 0.554. The van der Waals surface area contributed by atoms with Crippen molar-refractivity contribution in [3.63, 3.8) is 0 Å². The van der Waals surface area contributed by atoms with Crippen molar-refractivity contribution in [3.8, 4) is 23.1 Å². The van der Waals surface area contributed by atoms with Crippen LogP contribution in [-0.4, -0.2) is 39.9 Å². The van der Waals surface area contributed by atoms with Crippen LogP contribution in [0.25, 0.3) is 5.69 Å². The van der Waals surface area contributed by atoms with Gasteiger partial charge in [0.1, 0.15) is 11.6 Å². The number of carbonyl (C=O) groups is 1. The monoisotopic (exact) mass is 486 g/mol. The van der Waals surface area contributed by atoms with Crippen molar-refractivity contribution in [2.75, 3.05) is 7.11 Å². The summed E-state index contributed by atoms with van der Waals surface area (Å²) in [6, 6.07) is 9.89. The van der Waals surface area contributed by atoms with Gasteiger partial charge in [-0.25, -0.2) is 18.3 Å². The molecule has 0 bridgehead atoms. The molecule has 0 atom stereocenters. The van der Waals surface area contributed by atoms with Crippen molar-refractivity contribution in [2.45, 2.75) is 59.7 Å². The summed E-state index contributed by atoms with van der Waals surface area (Å²) >= 11 is 0. The zero-order chi connectivity index (χ0) is 25.7. The molecule has 35 heavy (non-hydrogen) atoms. The molecule has 1 heterocycles. The van der Waals surface area contributed by atoms with Crippen LogP contribution in [0.2, 0.25) is 0 Å². The Morgan fingerprint density at radius 2 is 1.80 bits per heavy atom. The molecule has 2 amide bonds. The largest absolute Gasteiger partial charge is 0.497 e. The first-order valence-corrected chi connectivity index (χ1v) is 11.6. The maximum absolute atomic E-state index is 14.6. The SMILES string of the molecule is CCc1nn(-c2ccc(OC)cc2)c(Oc2ccc(F)cc2F)c1CN(C(=O)NC(C)C)C(C)C. The van der Waals surface area contributed by atoms with Crippen molar-refractivity contribution >= 4 is 6.03 Å². The number of nitrogens with one attached hydrogen (secondary N) is 1. The van der Waals surface area contributed by atoms with Gasteiger partial charge in [0.25, 0.3) is 0 Å². The van der Waals surface area contributed by atoms with Gasteiger partial charge in [0, 0.05) is 18.2 Å². The first-order chi connectivity index (χ1) is 16.6. The minimum absolute atomic E-state index is 0.0413. The van der Waals surface area contributed by atoms with Gasteiger partial charge in [-0.2, -0.15) is 5.10 Å². The van der Waals surface area contributed by atoms with E-state index in [0.717, 1.165) is 12.1 Å². The third-order valence-corrected chi connectivity index (χ3v) is 5.40. The normalized spacial score (nSPS) is 11.1. The van der Waals surface area contributed by atoms with Crippen LogP contribution in [-0.2, 0) is 13.0 Å². The fourth-order valence-electron chi connectivity index (χ4n) is 3.58. The maximum Gasteiger partial charge on any atom is 0.318 e. The highest BCUT2D eigenvalue weighted by Crippen LogP contribution is 2.34. The average molecular weight is 487 g/mol. The van der Waals surface area contributed by atoms with Crippen LogP contribution < -0.4 is 14.8 Å². The number of carbonyl (C=O) groups excluding carboxylic acids is 1. The van der Waals surface area contributed by atoms with Crippen molar-refractivity contribution in [1.29, 1.82) is 0 Å². The Bertz CT molecular complexity index is 1160. The standard InChI is InChI=1S/C26H32F2N4O3/c1-7-23-21(15-31(17(4)5)26(33)29-16(2)3)25(35-24-13-8-18(27)14-22(24)28)32(30-23)19-9-11-20(34-6)12-10-19/h8-14,16-17H,7,15H2,1-6H3,(H,29,33). The van der Waals surface area contributed by atoms with E-state index < -0.39 is 11.6 Å². The molecule has 0 saturated carbocycles. The molecule has 1 N–H and O–H groups in total. The molecule has 2 aromatic carbocycles. The zero-order valence-electron chi connectivity index (χ0n) is 20.9. The second-order valence-corrected chi connectivity index (χ2v) is 8.70. The van der Waals surface area contributed by atoms with Gasteiger partial charge in [0.05, 0.1) is 30.6 Å². The van der Waals surface area contributed by atoms with E-state index in [9.17, 15) is 13.6 Å². The first kappa shape index (κ1) is 26.0. The summed E-state index contributed by atoms with van der Waals surface area (Å²) < 4.78 is 40.9. The molecule has 0 spiro atoms. The Balaban J connectivity index is 2.14. The molecular formula is C26H32F2N4O3. The van der Waals surface area contributed by atoms with Crippen LogP contribution in [0.4, 0.5) is 13.6 Å². The number of ether oxygens (including phenoxy) is 2. The summed E-state index contributed by atoms with van der Waals surface area (Å²) in [6.45, 7) is 9.75. The smallest absolute Gasteiger partial charge is 0.318 e. The molecule has 9 heteroatoms. The van der Waals surface area contributed by atoms with Crippen LogP contribution in [0.15, 0.2) is 42.5 Å². The lowest BCUT2D eigenvalue weighted by molar-refractivity contribution is 0.176. The third kappa shape index (κ3) is 6.09. The van der Waals surface area contributed by atoms with Crippen molar-refractivity contribution in [1.82, 2.24) is 20.0 Å². The Hall–Kier alpha value is -3.62. The number of nitrogens with zero attached hydrogens (tertiary/aromatic N) is 3. The Morgan fingerprint density at radius 3 is 2.34 bits per heavy atom. The topological polar surface area (TPSA) is 68.6 Å². The van der Waals surface area contributed by atoms with E-state index >= 15 is 0 Å². The lowest BCUT2D eigenvalue weighted by Crippen LogP contribution is -2.45. The predicted octanol–water partition coefficient (Wildman–Crippen LogP) is 5.84. The molecule has 3 aromatic rings. The molecule has 0 radical (unpaired) electrons. The van der Waals surface area contributed by atoms with Crippen molar-refractivity contribution in [3.05, 3.63) is 65.4 Å². The molecule has 188 valence electrons. The number of hydrogen-bond acceptors (Lipinski definition) is 4. The van der Waals surface area contributed by atoms with E-state index in [1.54, 1.807) is 41.0 Å². The van der Waals surface area contributed by atoms with Crippen LogP contribution in [0.5, 0.6) is 17.4 Å². The minimum atomic E-state index is -0.838. The van der Waals surface area contributed by atoms with Crippen LogP contribution >= 0.6 is 0 Å². The Kier molecular flexibility index (Phi) is 8.32. The van der Waals surface area contributed by atoms with Crippen LogP contribution in [0.1, 0.15) is 45.9 Å². The molecule has 1 aromatic heterocycles. The van der Waals surface area contributed by atoms with Gasteiger partial charge < -0.3 is 19.7 Å². The number of amides is 2. The first-order valence-electron chi connectivity index (χ1n) is 11.6. The number of benzene rings is 2. The summed E-state index contributed by atoms with van der Waals surface area (Å²) in [5.74, 6) is -0.771. The van der Waals surface area contributed by atoms with Gasteiger partial charge in [-0.1, -0.05) is 6.92 Å². The van der Waals surface area contributed by atoms with Gasteiger partial charge in [0.15, 0.2) is 11.6 Å². The predicted molar refractivity (Wildman–Crippen MR) is 130 cm³/mol. The Labute approximate surface area is 204 Å². The molecule has 0 fully saturated rings. The molecule has 0 unspecified atom stereocenters. The number of aromatic nitrogens is 2. The second-order valence-electron chi connectivity index (χ2n) is 8.70. The Morgan fingerprint density at radius 1 is 1.11 bits per heavy atom. The van der Waals surface area contributed by atoms with Crippen LogP contribution in [0, 0.1) is 11.6 Å². The molecule has 3 rings (SSSR count). The van der Waals surface area contributed by atoms with E-state index in [1.807, 2.05) is 34.6 Å². The molecule has 0 saturated heterocycles. The molecule has 0 aliphatic heterocycles. The minimum Gasteiger partial charge on any atom is -0.497 e. The van der Waals surface area contributed by atoms with Gasteiger partial charge in [-0.15, -0.1) is 0 Å². The lowest BCUT2D eigenvalue weighted by atomic mass is 10.1. The van der Waals surface area contributed by atoms with Crippen LogP contribution in [0.3, 0.4) is 0 Å². The van der Waals surface area contributed by atoms with Gasteiger partial charge in [-0.3, -0.25) is 0 Å². The maximum atomic E-state index is 14.6. The number of halogens is 2. The summed E-state index contributed by atoms with van der Waals surface area (Å²) in [5, 5.41) is 7.65. The third-order valence-electron chi connectivity index (χ3n) is 5.40. The van der Waals surface area contributed by atoms with Crippen molar-refractivity contribution < 1.29 is 23.0 Å². The fraction of sp³-hybridized carbons (Fsp3) is 0.385. The average Bonchev–Trinajstić information content (AvgIpc) is 3.15. The number of aryl methyl sites for hydroxylation is 1. The van der Waals surface area contributed by atoms with E-state index in [1.165, 1.54) is 6.07 Å². The highest BCUT2D eigenvalue weighted by Gasteiger charge is 2.27. The number of methoxy groups -OCH3 is 1. The highest BCUT2D eigenvalue weighted by atomic mass is 19.1. The molecular weight excluding hydrogens is 454 g/mol. The summed E-state index contributed by atoms with van der Waals surface area (Å²) in [7, 11) is 1.57. The van der Waals surface area contributed by atoms with E-state index in [-0.39, 0.29) is 36.3 Å². The molecule has 7 nitrogen and oxygen atoms in total. The zero-order valence-corrected chi connectivity index (χ0v) is 20.9. The van der Waals surface area contributed by atoms with Crippen molar-refractivity contribution in [2.24, 2.45) is 0 Å². The number of urea groups is 1. The molecule has 0 aliphatic carbocycles. The van der Waals surface area contributed by atoms with Gasteiger partial charge >= 0.3 is 6.03 Å². The second kappa shape index (κ2) is 11.2. The number of hydrogen-bond donors (Lipinski definition) is 1. The molecule has 0 aliphatic rings. The summed E-state index contributed by atoms with van der Waals surface area (Å²) in [5.41, 5.74) is 1.99. The van der Waals surface area contributed by atoms with E-state index in [4.69, 9.17) is 14.6 Å². The highest BCUT2D eigenvalue weighted by molar-refractivity contribution is 5.75. The van der Waals surface area contributed by atoms with E-state index in [0.29, 0.717) is 29.1 Å². The van der Waals surface area contributed by atoms with Gasteiger partial charge in [-0.05, 0) is 70.5 Å². The lowest BCUT2D eigenvalue weighted by Gasteiger charge is -2.28. The van der Waals surface area contributed by atoms with Gasteiger partial charge in [0.2, 0.25) is 5.88 Å². The summed E-state index contributed by atoms with van der Waals surface area (Å²) in [4.78, 5) is 14.6. The quantitative estimate of drug-likeness (QED) is 0.412. The fourth-order valence-corrected chi connectivity index (χ4v) is 3.58. The van der Waals surface area contributed by atoms with E-state index in [2.05, 4.69) is 5.32 Å². The number of rotatable bonds is 9.